The van der Waals surface area contributed by atoms with Gasteiger partial charge in [0.1, 0.15) is 5.75 Å². The zero-order valence-corrected chi connectivity index (χ0v) is 30.1. The maximum absolute atomic E-state index is 13.2. The smallest absolute Gasteiger partial charge is 0.311 e. The first-order chi connectivity index (χ1) is 22.2. The maximum Gasteiger partial charge on any atom is 0.311 e. The number of H-pyrrole nitrogens is 1. The fourth-order valence-corrected chi connectivity index (χ4v) is 11.3. The predicted molar refractivity (Wildman–Crippen MR) is 187 cm³/mol. The van der Waals surface area contributed by atoms with Gasteiger partial charge in [-0.15, -0.1) is 0 Å². The molecule has 3 aromatic rings. The minimum atomic E-state index is -0.443. The number of hydrogen-bond donors (Lipinski definition) is 1. The minimum Gasteiger partial charge on any atom is -0.497 e. The average Bonchev–Trinajstić information content (AvgIpc) is 3.49. The molecule has 0 radical (unpaired) electrons. The molecule has 7 rings (SSSR count). The van der Waals surface area contributed by atoms with E-state index in [-0.39, 0.29) is 33.5 Å². The lowest BCUT2D eigenvalue weighted by Crippen LogP contribution is -2.62. The summed E-state index contributed by atoms with van der Waals surface area (Å²) in [7, 11) is 6.77. The van der Waals surface area contributed by atoms with Crippen LogP contribution in [0.3, 0.4) is 0 Å². The lowest BCUT2D eigenvalue weighted by molar-refractivity contribution is -0.179. The summed E-state index contributed by atoms with van der Waals surface area (Å²) in [5.74, 6) is 2.84. The Kier molecular flexibility index (Phi) is 7.21. The van der Waals surface area contributed by atoms with Gasteiger partial charge in [0.25, 0.3) is 0 Å². The van der Waals surface area contributed by atoms with Crippen LogP contribution in [0.4, 0.5) is 0 Å². The number of esters is 1. The van der Waals surface area contributed by atoms with Crippen molar-refractivity contribution in [3.8, 4) is 17.2 Å². The monoisotopic (exact) mass is 639 g/mol. The van der Waals surface area contributed by atoms with Crippen molar-refractivity contribution in [3.63, 3.8) is 0 Å². The molecular formula is C41H53NO5. The summed E-state index contributed by atoms with van der Waals surface area (Å²) in [5, 5.41) is 1.18. The van der Waals surface area contributed by atoms with Crippen molar-refractivity contribution in [1.82, 2.24) is 4.98 Å². The van der Waals surface area contributed by atoms with E-state index in [0.29, 0.717) is 5.92 Å². The van der Waals surface area contributed by atoms with Crippen molar-refractivity contribution in [1.29, 1.82) is 0 Å². The number of nitrogens with one attached hydrogen (secondary N) is 1. The van der Waals surface area contributed by atoms with Gasteiger partial charge in [-0.1, -0.05) is 39.3 Å². The summed E-state index contributed by atoms with van der Waals surface area (Å²) in [6, 6.07) is 8.58. The Bertz CT molecular complexity index is 1800. The van der Waals surface area contributed by atoms with E-state index in [1.165, 1.54) is 28.5 Å². The van der Waals surface area contributed by atoms with Crippen molar-refractivity contribution in [2.24, 2.45) is 27.6 Å². The van der Waals surface area contributed by atoms with Gasteiger partial charge in [-0.2, -0.15) is 0 Å². The number of methoxy groups -OCH3 is 4. The van der Waals surface area contributed by atoms with E-state index in [1.54, 1.807) is 34.0 Å². The van der Waals surface area contributed by atoms with Crippen LogP contribution in [0.1, 0.15) is 108 Å². The van der Waals surface area contributed by atoms with Crippen LogP contribution in [-0.2, 0) is 14.9 Å². The first-order valence-electron chi connectivity index (χ1n) is 17.5. The minimum absolute atomic E-state index is 0.0212. The number of allylic oxidation sites excluding steroid dienone is 2. The van der Waals surface area contributed by atoms with Crippen molar-refractivity contribution in [3.05, 3.63) is 64.4 Å². The fourth-order valence-electron chi connectivity index (χ4n) is 11.3. The molecule has 4 aliphatic carbocycles. The lowest BCUT2D eigenvalue weighted by Gasteiger charge is -2.70. The first kappa shape index (κ1) is 32.2. The van der Waals surface area contributed by atoms with E-state index in [2.05, 4.69) is 77.0 Å². The summed E-state index contributed by atoms with van der Waals surface area (Å²) in [4.78, 5) is 16.8. The topological polar surface area (TPSA) is 69.8 Å². The van der Waals surface area contributed by atoms with Gasteiger partial charge in [0.05, 0.1) is 33.9 Å². The van der Waals surface area contributed by atoms with Crippen LogP contribution >= 0.6 is 0 Å². The molecule has 6 nitrogen and oxygen atoms in total. The molecule has 3 fully saturated rings. The Balaban J connectivity index is 1.47. The summed E-state index contributed by atoms with van der Waals surface area (Å²) in [6.45, 7) is 14.5. The Morgan fingerprint density at radius 1 is 0.872 bits per heavy atom. The number of ether oxygens (including phenoxy) is 4. The van der Waals surface area contributed by atoms with Gasteiger partial charge < -0.3 is 23.9 Å². The molecule has 6 heteroatoms. The molecule has 2 aromatic carbocycles. The average molecular weight is 640 g/mol. The van der Waals surface area contributed by atoms with Crippen LogP contribution in [0.5, 0.6) is 17.2 Å². The Hall–Kier alpha value is -3.41. The zero-order chi connectivity index (χ0) is 33.7. The van der Waals surface area contributed by atoms with E-state index in [9.17, 15) is 4.79 Å². The molecule has 0 spiro atoms. The van der Waals surface area contributed by atoms with E-state index < -0.39 is 5.41 Å². The molecule has 0 saturated heterocycles. The third-order valence-corrected chi connectivity index (χ3v) is 14.4. The Morgan fingerprint density at radius 3 is 2.30 bits per heavy atom. The van der Waals surface area contributed by atoms with Gasteiger partial charge in [0.2, 0.25) is 0 Å². The van der Waals surface area contributed by atoms with Crippen molar-refractivity contribution in [2.75, 3.05) is 28.4 Å². The maximum atomic E-state index is 13.2. The van der Waals surface area contributed by atoms with E-state index >= 15 is 0 Å². The second-order valence-electron chi connectivity index (χ2n) is 16.5. The summed E-state index contributed by atoms with van der Waals surface area (Å²) in [5.41, 5.74) is 7.28. The molecule has 4 aliphatic rings. The van der Waals surface area contributed by atoms with Crippen LogP contribution in [0, 0.1) is 34.5 Å². The molecule has 0 aliphatic heterocycles. The van der Waals surface area contributed by atoms with Gasteiger partial charge in [0, 0.05) is 28.4 Å². The highest BCUT2D eigenvalue weighted by Gasteiger charge is 2.67. The number of carbonyl (C=O) groups excluding carboxylic acids is 1. The molecule has 3 saturated carbocycles. The quantitative estimate of drug-likeness (QED) is 0.223. The lowest BCUT2D eigenvalue weighted by atomic mass is 9.34. The van der Waals surface area contributed by atoms with Crippen LogP contribution in [0.25, 0.3) is 10.9 Å². The normalized spacial score (nSPS) is 35.9. The van der Waals surface area contributed by atoms with Crippen molar-refractivity contribution < 1.29 is 23.7 Å². The van der Waals surface area contributed by atoms with Gasteiger partial charge in [-0.3, -0.25) is 4.79 Å². The Labute approximate surface area is 280 Å². The van der Waals surface area contributed by atoms with E-state index in [4.69, 9.17) is 18.9 Å². The summed E-state index contributed by atoms with van der Waals surface area (Å²) < 4.78 is 23.1. The number of aromatic nitrogens is 1. The summed E-state index contributed by atoms with van der Waals surface area (Å²) in [6.07, 6.45) is 12.2. The largest absolute Gasteiger partial charge is 0.497 e. The Morgan fingerprint density at radius 2 is 1.62 bits per heavy atom. The van der Waals surface area contributed by atoms with Crippen LogP contribution in [0.2, 0.25) is 0 Å². The predicted octanol–water partition coefficient (Wildman–Crippen LogP) is 9.42. The number of benzene rings is 2. The second kappa shape index (κ2) is 10.5. The third kappa shape index (κ3) is 4.18. The van der Waals surface area contributed by atoms with Crippen LogP contribution in [-0.4, -0.2) is 39.4 Å². The highest BCUT2D eigenvalue weighted by Crippen LogP contribution is 2.75. The molecule has 1 unspecified atom stereocenters. The third-order valence-electron chi connectivity index (χ3n) is 14.4. The highest BCUT2D eigenvalue weighted by atomic mass is 16.5. The number of fused-ring (bicyclic) bond motifs is 8. The number of hydrogen-bond acceptors (Lipinski definition) is 5. The number of rotatable bonds is 5. The van der Waals surface area contributed by atoms with Gasteiger partial charge >= 0.3 is 5.97 Å². The molecule has 1 aromatic heterocycles. The highest BCUT2D eigenvalue weighted by molar-refractivity contribution is 5.87. The molecule has 1 heterocycles. The molecule has 252 valence electrons. The molecule has 0 bridgehead atoms. The second-order valence-corrected chi connectivity index (χ2v) is 16.5. The van der Waals surface area contributed by atoms with E-state index in [1.807, 2.05) is 6.07 Å². The summed E-state index contributed by atoms with van der Waals surface area (Å²) >= 11 is 0. The number of aromatic amines is 1. The molecule has 0 amide bonds. The first-order valence-corrected chi connectivity index (χ1v) is 17.5. The van der Waals surface area contributed by atoms with Gasteiger partial charge in [-0.05, 0) is 127 Å². The molecule has 1 N–H and O–H groups in total. The van der Waals surface area contributed by atoms with Crippen molar-refractivity contribution in [2.45, 2.75) is 97.8 Å². The van der Waals surface area contributed by atoms with E-state index in [0.717, 1.165) is 66.9 Å². The van der Waals surface area contributed by atoms with Gasteiger partial charge in [-0.25, -0.2) is 0 Å². The number of carbonyl (C=O) groups is 1. The molecule has 47 heavy (non-hydrogen) atoms. The zero-order valence-electron chi connectivity index (χ0n) is 30.1. The van der Waals surface area contributed by atoms with Crippen LogP contribution in [0.15, 0.2) is 42.1 Å². The molecular weight excluding hydrogens is 586 g/mol. The standard InChI is InChI=1S/C41H53NO5/c1-24-34-27(28-23-42-30-12-11-25(44-7)19-26(28)30)20-32-39(4,29(34)21-31(45-8)35(24)46-9)16-18-41(6)33-22-38(3,36(43)47-10)14-13-37(33,2)15-17-40(32,41)5/h11-12,19-21,23,27,33,42H,13-18,22H2,1-10H3/t27?,33-,37+,38+,39-,40+,41-/m0/s1. The fraction of sp³-hybridized carbons (Fsp3) is 0.585. The SMILES string of the molecule is COC(=O)[C@]1(C)CC[C@]2(C)CC[C@]3(C)C4=CC(c5c[nH]c6ccc(OC)cc56)c5c(cc(OC)c(OC)c5C)[C@]4(C)CC[C@@]3(C)[C@H]2C1. The molecule has 7 atom stereocenters. The van der Waals surface area contributed by atoms with Crippen LogP contribution < -0.4 is 14.2 Å². The van der Waals surface area contributed by atoms with Gasteiger partial charge in [0.15, 0.2) is 11.5 Å². The van der Waals surface area contributed by atoms with Crippen molar-refractivity contribution >= 4 is 16.9 Å².